The smallest absolute Gasteiger partial charge is 0.135 e. The number of carbonyl (C=O) groups is 1. The normalized spacial score (nSPS) is 22.1. The van der Waals surface area contributed by atoms with Crippen molar-refractivity contribution in [3.8, 4) is 12.3 Å². The summed E-state index contributed by atoms with van der Waals surface area (Å²) >= 11 is 0. The second kappa shape index (κ2) is 4.18. The maximum Gasteiger partial charge on any atom is 0.135 e. The van der Waals surface area contributed by atoms with Gasteiger partial charge in [-0.3, -0.25) is 0 Å². The van der Waals surface area contributed by atoms with E-state index in [2.05, 4.69) is 5.92 Å². The molecule has 0 saturated heterocycles. The lowest BCUT2D eigenvalue weighted by Crippen LogP contribution is -2.17. The van der Waals surface area contributed by atoms with Crippen LogP contribution in [0.2, 0.25) is 0 Å². The van der Waals surface area contributed by atoms with Gasteiger partial charge in [0.2, 0.25) is 0 Å². The second-order valence-corrected chi connectivity index (χ2v) is 3.23. The SMILES string of the molecule is C#CC(C=O)C1CCCCC1. The van der Waals surface area contributed by atoms with Crippen molar-refractivity contribution in [1.82, 2.24) is 0 Å². The Labute approximate surface area is 68.2 Å². The van der Waals surface area contributed by atoms with Crippen LogP contribution in [0.15, 0.2) is 0 Å². The highest BCUT2D eigenvalue weighted by atomic mass is 16.1. The summed E-state index contributed by atoms with van der Waals surface area (Å²) in [5.74, 6) is 2.92. The zero-order valence-electron chi connectivity index (χ0n) is 6.75. The lowest BCUT2D eigenvalue weighted by molar-refractivity contribution is -0.111. The molecule has 60 valence electrons. The molecule has 0 heterocycles. The van der Waals surface area contributed by atoms with Crippen molar-refractivity contribution < 1.29 is 4.79 Å². The summed E-state index contributed by atoms with van der Waals surface area (Å²) in [6, 6.07) is 0. The van der Waals surface area contributed by atoms with Gasteiger partial charge >= 0.3 is 0 Å². The van der Waals surface area contributed by atoms with Gasteiger partial charge in [-0.1, -0.05) is 25.2 Å². The van der Waals surface area contributed by atoms with Crippen molar-refractivity contribution in [3.63, 3.8) is 0 Å². The minimum atomic E-state index is -0.115. The number of rotatable bonds is 2. The van der Waals surface area contributed by atoms with E-state index >= 15 is 0 Å². The zero-order valence-corrected chi connectivity index (χ0v) is 6.75. The van der Waals surface area contributed by atoms with Crippen LogP contribution in [0.1, 0.15) is 32.1 Å². The maximum absolute atomic E-state index is 10.5. The lowest BCUT2D eigenvalue weighted by atomic mass is 9.81. The van der Waals surface area contributed by atoms with Gasteiger partial charge in [0.1, 0.15) is 6.29 Å². The predicted octanol–water partition coefficient (Wildman–Crippen LogP) is 2.02. The molecule has 0 spiro atoms. The number of aldehydes is 1. The first-order chi connectivity index (χ1) is 5.38. The van der Waals surface area contributed by atoms with Crippen LogP contribution in [0, 0.1) is 24.2 Å². The molecule has 0 bridgehead atoms. The molecule has 0 radical (unpaired) electrons. The molecule has 0 aromatic carbocycles. The highest BCUT2D eigenvalue weighted by Crippen LogP contribution is 2.28. The molecule has 1 aliphatic rings. The van der Waals surface area contributed by atoms with Gasteiger partial charge in [0.05, 0.1) is 5.92 Å². The largest absolute Gasteiger partial charge is 0.302 e. The minimum absolute atomic E-state index is 0.115. The van der Waals surface area contributed by atoms with E-state index in [1.54, 1.807) is 0 Å². The Hall–Kier alpha value is -0.770. The zero-order chi connectivity index (χ0) is 8.10. The topological polar surface area (TPSA) is 17.1 Å². The van der Waals surface area contributed by atoms with Crippen molar-refractivity contribution >= 4 is 6.29 Å². The molecular formula is C10H14O. The van der Waals surface area contributed by atoms with E-state index in [-0.39, 0.29) is 5.92 Å². The number of carbonyl (C=O) groups excluding carboxylic acids is 1. The molecule has 1 unspecified atom stereocenters. The van der Waals surface area contributed by atoms with E-state index in [0.717, 1.165) is 19.1 Å². The molecule has 1 rings (SSSR count). The van der Waals surface area contributed by atoms with Crippen LogP contribution in [0.4, 0.5) is 0 Å². The summed E-state index contributed by atoms with van der Waals surface area (Å²) in [6.07, 6.45) is 12.3. The van der Waals surface area contributed by atoms with Gasteiger partial charge in [-0.05, 0) is 18.8 Å². The highest BCUT2D eigenvalue weighted by Gasteiger charge is 2.20. The molecule has 1 fully saturated rings. The molecule has 0 N–H and O–H groups in total. The van der Waals surface area contributed by atoms with Gasteiger partial charge in [0.25, 0.3) is 0 Å². The molecule has 0 aromatic heterocycles. The van der Waals surface area contributed by atoms with E-state index < -0.39 is 0 Å². The lowest BCUT2D eigenvalue weighted by Gasteiger charge is -2.23. The average molecular weight is 150 g/mol. The first-order valence-corrected chi connectivity index (χ1v) is 4.30. The Morgan fingerprint density at radius 3 is 2.45 bits per heavy atom. The maximum atomic E-state index is 10.5. The number of terminal acetylenes is 1. The molecular weight excluding hydrogens is 136 g/mol. The number of hydrogen-bond acceptors (Lipinski definition) is 1. The van der Waals surface area contributed by atoms with E-state index in [1.807, 2.05) is 0 Å². The first-order valence-electron chi connectivity index (χ1n) is 4.30. The Morgan fingerprint density at radius 1 is 1.36 bits per heavy atom. The molecule has 1 atom stereocenters. The first kappa shape index (κ1) is 8.33. The van der Waals surface area contributed by atoms with Crippen LogP contribution in [-0.2, 0) is 4.79 Å². The van der Waals surface area contributed by atoms with Crippen molar-refractivity contribution in [3.05, 3.63) is 0 Å². The minimum Gasteiger partial charge on any atom is -0.302 e. The second-order valence-electron chi connectivity index (χ2n) is 3.23. The highest BCUT2D eigenvalue weighted by molar-refractivity contribution is 5.58. The van der Waals surface area contributed by atoms with Crippen LogP contribution in [0.25, 0.3) is 0 Å². The molecule has 0 amide bonds. The average Bonchev–Trinajstić information content (AvgIpc) is 2.09. The summed E-state index contributed by atoms with van der Waals surface area (Å²) in [5, 5.41) is 0. The van der Waals surface area contributed by atoms with Crippen molar-refractivity contribution in [2.24, 2.45) is 11.8 Å². The van der Waals surface area contributed by atoms with Gasteiger partial charge < -0.3 is 4.79 Å². The van der Waals surface area contributed by atoms with Crippen molar-refractivity contribution in [2.75, 3.05) is 0 Å². The third-order valence-electron chi connectivity index (χ3n) is 2.50. The third kappa shape index (κ3) is 2.08. The van der Waals surface area contributed by atoms with Gasteiger partial charge in [-0.15, -0.1) is 6.42 Å². The molecule has 11 heavy (non-hydrogen) atoms. The molecule has 1 aliphatic carbocycles. The third-order valence-corrected chi connectivity index (χ3v) is 2.50. The van der Waals surface area contributed by atoms with Crippen molar-refractivity contribution in [1.29, 1.82) is 0 Å². The fourth-order valence-corrected chi connectivity index (χ4v) is 1.78. The fraction of sp³-hybridized carbons (Fsp3) is 0.700. The Kier molecular flexibility index (Phi) is 3.16. The molecule has 0 aromatic rings. The fourth-order valence-electron chi connectivity index (χ4n) is 1.78. The summed E-state index contributed by atoms with van der Waals surface area (Å²) < 4.78 is 0. The van der Waals surface area contributed by atoms with E-state index in [9.17, 15) is 4.79 Å². The molecule has 1 saturated carbocycles. The van der Waals surface area contributed by atoms with Gasteiger partial charge in [0.15, 0.2) is 0 Å². The van der Waals surface area contributed by atoms with Gasteiger partial charge in [-0.2, -0.15) is 0 Å². The van der Waals surface area contributed by atoms with Crippen LogP contribution < -0.4 is 0 Å². The van der Waals surface area contributed by atoms with E-state index in [1.165, 1.54) is 19.3 Å². The molecule has 0 aliphatic heterocycles. The molecule has 1 heteroatoms. The Bertz CT molecular complexity index is 160. The summed E-state index contributed by atoms with van der Waals surface area (Å²) in [5.41, 5.74) is 0. The number of hydrogen-bond donors (Lipinski definition) is 0. The monoisotopic (exact) mass is 150 g/mol. The van der Waals surface area contributed by atoms with E-state index in [4.69, 9.17) is 6.42 Å². The summed E-state index contributed by atoms with van der Waals surface area (Å²) in [7, 11) is 0. The predicted molar refractivity (Wildman–Crippen MR) is 45.0 cm³/mol. The van der Waals surface area contributed by atoms with Crippen molar-refractivity contribution in [2.45, 2.75) is 32.1 Å². The van der Waals surface area contributed by atoms with E-state index in [0.29, 0.717) is 5.92 Å². The standard InChI is InChI=1S/C10H14O/c1-2-9(8-11)10-6-4-3-5-7-10/h1,8-10H,3-7H2. The van der Waals surface area contributed by atoms with Crippen LogP contribution in [0.5, 0.6) is 0 Å². The van der Waals surface area contributed by atoms with Crippen LogP contribution in [0.3, 0.4) is 0 Å². The Morgan fingerprint density at radius 2 is 2.00 bits per heavy atom. The summed E-state index contributed by atoms with van der Waals surface area (Å²) in [4.78, 5) is 10.5. The Balaban J connectivity index is 2.44. The summed E-state index contributed by atoms with van der Waals surface area (Å²) in [6.45, 7) is 0. The van der Waals surface area contributed by atoms with Gasteiger partial charge in [-0.25, -0.2) is 0 Å². The quantitative estimate of drug-likeness (QED) is 0.434. The van der Waals surface area contributed by atoms with Crippen LogP contribution >= 0.6 is 0 Å². The van der Waals surface area contributed by atoms with Gasteiger partial charge in [0, 0.05) is 0 Å². The molecule has 1 nitrogen and oxygen atoms in total. The van der Waals surface area contributed by atoms with Crippen LogP contribution in [-0.4, -0.2) is 6.29 Å².